The fourth-order valence-electron chi connectivity index (χ4n) is 0.747. The third-order valence-corrected chi connectivity index (χ3v) is 2.49. The second-order valence-corrected chi connectivity index (χ2v) is 5.20. The van der Waals surface area contributed by atoms with Crippen LogP contribution in [0.2, 0.25) is 0 Å². The van der Waals surface area contributed by atoms with Gasteiger partial charge in [0.2, 0.25) is 10.0 Å². The maximum Gasteiger partial charge on any atom is 0.212 e. The molecule has 1 heterocycles. The maximum absolute atomic E-state index is 10.6. The Labute approximate surface area is 90.5 Å². The maximum atomic E-state index is 10.6. The Morgan fingerprint density at radius 3 is 2.79 bits per heavy atom. The molecule has 0 aliphatic rings. The monoisotopic (exact) mass is 280 g/mol. The molecule has 0 aliphatic heterocycles. The molecular weight excluding hydrogens is 272 g/mol. The quantitative estimate of drug-likeness (QED) is 0.871. The van der Waals surface area contributed by atoms with Crippen molar-refractivity contribution >= 4 is 26.0 Å². The number of pyridine rings is 1. The first-order chi connectivity index (χ1) is 6.47. The van der Waals surface area contributed by atoms with E-state index < -0.39 is 10.0 Å². The van der Waals surface area contributed by atoms with Gasteiger partial charge in [0, 0.05) is 10.7 Å². The zero-order valence-electron chi connectivity index (χ0n) is 7.18. The molecule has 0 aliphatic carbocycles. The van der Waals surface area contributed by atoms with Crippen molar-refractivity contribution in [3.63, 3.8) is 0 Å². The largest absolute Gasteiger partial charge is 0.491 e. The highest BCUT2D eigenvalue weighted by molar-refractivity contribution is 9.10. The second-order valence-electron chi connectivity index (χ2n) is 2.55. The summed E-state index contributed by atoms with van der Waals surface area (Å²) in [6.07, 6.45) is 3.10. The summed E-state index contributed by atoms with van der Waals surface area (Å²) in [7, 11) is -3.46. The highest BCUT2D eigenvalue weighted by Gasteiger charge is 2.03. The van der Waals surface area contributed by atoms with Crippen molar-refractivity contribution in [2.75, 3.05) is 12.4 Å². The molecule has 0 unspecified atom stereocenters. The van der Waals surface area contributed by atoms with Gasteiger partial charge in [-0.2, -0.15) is 0 Å². The van der Waals surface area contributed by atoms with Gasteiger partial charge in [-0.15, -0.1) is 0 Å². The molecule has 1 rings (SSSR count). The summed E-state index contributed by atoms with van der Waals surface area (Å²) in [4.78, 5) is 3.85. The molecule has 0 atom stereocenters. The Morgan fingerprint density at radius 1 is 1.50 bits per heavy atom. The Hall–Kier alpha value is -0.660. The van der Waals surface area contributed by atoms with Crippen LogP contribution in [0.5, 0.6) is 5.75 Å². The van der Waals surface area contributed by atoms with Crippen LogP contribution in [0.3, 0.4) is 0 Å². The van der Waals surface area contributed by atoms with Crippen molar-refractivity contribution in [2.24, 2.45) is 5.14 Å². The summed E-state index contributed by atoms with van der Waals surface area (Å²) in [5.74, 6) is 0.294. The average Bonchev–Trinajstić information content (AvgIpc) is 2.01. The minimum Gasteiger partial charge on any atom is -0.491 e. The van der Waals surface area contributed by atoms with Gasteiger partial charge in [-0.25, -0.2) is 13.6 Å². The van der Waals surface area contributed by atoms with Crippen molar-refractivity contribution in [1.82, 2.24) is 4.98 Å². The lowest BCUT2D eigenvalue weighted by Gasteiger charge is -2.04. The molecule has 0 amide bonds. The molecule has 0 radical (unpaired) electrons. The first kappa shape index (κ1) is 11.4. The standard InChI is InChI=1S/C7H9BrN2O3S/c8-6-3-7(5-10-4-6)13-1-2-14(9,11)12/h3-5H,1-2H2,(H2,9,11,12). The fourth-order valence-corrected chi connectivity index (χ4v) is 1.41. The summed E-state index contributed by atoms with van der Waals surface area (Å²) < 4.78 is 27.0. The number of nitrogens with two attached hydrogens (primary N) is 1. The van der Waals surface area contributed by atoms with E-state index >= 15 is 0 Å². The summed E-state index contributed by atoms with van der Waals surface area (Å²) in [5.41, 5.74) is 0. The van der Waals surface area contributed by atoms with E-state index in [9.17, 15) is 8.42 Å². The van der Waals surface area contributed by atoms with E-state index in [1.807, 2.05) is 0 Å². The number of primary sulfonamides is 1. The molecule has 0 saturated heterocycles. The van der Waals surface area contributed by atoms with Crippen LogP contribution in [-0.4, -0.2) is 25.8 Å². The van der Waals surface area contributed by atoms with Crippen molar-refractivity contribution < 1.29 is 13.2 Å². The molecule has 0 bridgehead atoms. The number of hydrogen-bond acceptors (Lipinski definition) is 4. The molecule has 0 fully saturated rings. The van der Waals surface area contributed by atoms with Gasteiger partial charge in [0.15, 0.2) is 0 Å². The Bertz CT molecular complexity index is 407. The van der Waals surface area contributed by atoms with Crippen LogP contribution >= 0.6 is 15.9 Å². The minimum absolute atomic E-state index is 0.0248. The lowest BCUT2D eigenvalue weighted by atomic mass is 10.5. The van der Waals surface area contributed by atoms with Gasteiger partial charge >= 0.3 is 0 Å². The summed E-state index contributed by atoms with van der Waals surface area (Å²) in [6, 6.07) is 1.69. The Morgan fingerprint density at radius 2 is 2.21 bits per heavy atom. The molecule has 1 aromatic heterocycles. The molecule has 14 heavy (non-hydrogen) atoms. The van der Waals surface area contributed by atoms with E-state index in [0.29, 0.717) is 5.75 Å². The molecule has 0 saturated carbocycles. The number of rotatable bonds is 4. The number of ether oxygens (including phenoxy) is 1. The van der Waals surface area contributed by atoms with Gasteiger partial charge in [-0.3, -0.25) is 4.98 Å². The van der Waals surface area contributed by atoms with Crippen LogP contribution < -0.4 is 9.88 Å². The van der Waals surface area contributed by atoms with Crippen LogP contribution in [0.15, 0.2) is 22.9 Å². The van der Waals surface area contributed by atoms with Crippen LogP contribution in [0, 0.1) is 0 Å². The molecule has 5 nitrogen and oxygen atoms in total. The molecule has 2 N–H and O–H groups in total. The smallest absolute Gasteiger partial charge is 0.212 e. The second kappa shape index (κ2) is 4.72. The third-order valence-electron chi connectivity index (χ3n) is 1.32. The number of hydrogen-bond donors (Lipinski definition) is 1. The van der Waals surface area contributed by atoms with Gasteiger partial charge in [-0.05, 0) is 22.0 Å². The van der Waals surface area contributed by atoms with Gasteiger partial charge in [-0.1, -0.05) is 0 Å². The van der Waals surface area contributed by atoms with E-state index in [4.69, 9.17) is 9.88 Å². The molecule has 1 aromatic rings. The number of sulfonamides is 1. The van der Waals surface area contributed by atoms with Crippen LogP contribution in [0.4, 0.5) is 0 Å². The van der Waals surface area contributed by atoms with Crippen molar-refractivity contribution in [3.8, 4) is 5.75 Å². The number of halogens is 1. The van der Waals surface area contributed by atoms with Crippen molar-refractivity contribution in [1.29, 1.82) is 0 Å². The summed E-state index contributed by atoms with van der Waals surface area (Å²) in [6.45, 7) is 0.0248. The van der Waals surface area contributed by atoms with Crippen LogP contribution in [0.25, 0.3) is 0 Å². The highest BCUT2D eigenvalue weighted by Crippen LogP contribution is 2.15. The number of aromatic nitrogens is 1. The first-order valence-corrected chi connectivity index (χ1v) is 6.22. The predicted octanol–water partition coefficient (Wildman–Crippen LogP) is 0.511. The lowest BCUT2D eigenvalue weighted by Crippen LogP contribution is -2.21. The molecule has 7 heteroatoms. The summed E-state index contributed by atoms with van der Waals surface area (Å²) in [5, 5.41) is 4.80. The van der Waals surface area contributed by atoms with Crippen molar-refractivity contribution in [3.05, 3.63) is 22.9 Å². The normalized spacial score (nSPS) is 11.3. The van der Waals surface area contributed by atoms with E-state index in [2.05, 4.69) is 20.9 Å². The zero-order valence-corrected chi connectivity index (χ0v) is 9.58. The average molecular weight is 281 g/mol. The lowest BCUT2D eigenvalue weighted by molar-refractivity contribution is 0.339. The third kappa shape index (κ3) is 4.54. The van der Waals surface area contributed by atoms with Gasteiger partial charge in [0.05, 0.1) is 11.9 Å². The Kier molecular flexibility index (Phi) is 3.85. The molecular formula is C7H9BrN2O3S. The van der Waals surface area contributed by atoms with Crippen LogP contribution in [-0.2, 0) is 10.0 Å². The minimum atomic E-state index is -3.46. The zero-order chi connectivity index (χ0) is 10.6. The van der Waals surface area contributed by atoms with Gasteiger partial charge in [0.25, 0.3) is 0 Å². The van der Waals surface area contributed by atoms with E-state index in [1.54, 1.807) is 12.3 Å². The molecule has 0 spiro atoms. The number of nitrogens with zero attached hydrogens (tertiary/aromatic N) is 1. The highest BCUT2D eigenvalue weighted by atomic mass is 79.9. The molecule has 0 aromatic carbocycles. The van der Waals surface area contributed by atoms with E-state index in [0.717, 1.165) is 4.47 Å². The topological polar surface area (TPSA) is 82.3 Å². The Balaban J connectivity index is 2.47. The summed E-state index contributed by atoms with van der Waals surface area (Å²) >= 11 is 3.21. The first-order valence-electron chi connectivity index (χ1n) is 3.71. The van der Waals surface area contributed by atoms with Crippen LogP contribution in [0.1, 0.15) is 0 Å². The SMILES string of the molecule is NS(=O)(=O)CCOc1cncc(Br)c1. The van der Waals surface area contributed by atoms with Gasteiger partial charge < -0.3 is 4.74 Å². The predicted molar refractivity (Wildman–Crippen MR) is 55.4 cm³/mol. The van der Waals surface area contributed by atoms with E-state index in [-0.39, 0.29) is 12.4 Å². The van der Waals surface area contributed by atoms with Crippen molar-refractivity contribution in [2.45, 2.75) is 0 Å². The molecule has 78 valence electrons. The van der Waals surface area contributed by atoms with E-state index in [1.165, 1.54) is 6.20 Å². The fraction of sp³-hybridized carbons (Fsp3) is 0.286. The van der Waals surface area contributed by atoms with Gasteiger partial charge in [0.1, 0.15) is 12.4 Å².